The molecule has 1 aromatic carbocycles. The standard InChI is InChI=1S/C13H17N3O2/c1-8-5-6-10-9(7-8)11(12(17)16(10)4)14-13(18)15(2)3/h5-7,11H,1-4H3,(H,14,18). The normalized spacial score (nSPS) is 17.7. The third-order valence-corrected chi connectivity index (χ3v) is 3.11. The molecule has 18 heavy (non-hydrogen) atoms. The van der Waals surface area contributed by atoms with Gasteiger partial charge >= 0.3 is 6.03 Å². The monoisotopic (exact) mass is 247 g/mol. The predicted octanol–water partition coefficient (Wildman–Crippen LogP) is 1.28. The van der Waals surface area contributed by atoms with E-state index in [1.807, 2.05) is 25.1 Å². The summed E-state index contributed by atoms with van der Waals surface area (Å²) in [5.74, 6) is -0.106. The Kier molecular flexibility index (Phi) is 2.98. The van der Waals surface area contributed by atoms with Crippen molar-refractivity contribution in [3.63, 3.8) is 0 Å². The van der Waals surface area contributed by atoms with E-state index in [9.17, 15) is 9.59 Å². The fraction of sp³-hybridized carbons (Fsp3) is 0.385. The van der Waals surface area contributed by atoms with Crippen molar-refractivity contribution in [2.75, 3.05) is 26.0 Å². The number of carbonyl (C=O) groups is 2. The molecular formula is C13H17N3O2. The van der Waals surface area contributed by atoms with Crippen LogP contribution in [0.2, 0.25) is 0 Å². The summed E-state index contributed by atoms with van der Waals surface area (Å²) in [4.78, 5) is 26.8. The average Bonchev–Trinajstić information content (AvgIpc) is 2.54. The summed E-state index contributed by atoms with van der Waals surface area (Å²) in [5, 5.41) is 2.74. The molecule has 1 atom stereocenters. The number of likely N-dealkylation sites (N-methyl/N-ethyl adjacent to an activating group) is 1. The van der Waals surface area contributed by atoms with Crippen molar-refractivity contribution in [2.24, 2.45) is 0 Å². The lowest BCUT2D eigenvalue weighted by Crippen LogP contribution is -2.41. The number of hydrogen-bond acceptors (Lipinski definition) is 2. The first-order valence-electron chi connectivity index (χ1n) is 5.77. The van der Waals surface area contributed by atoms with Crippen LogP contribution in [-0.2, 0) is 4.79 Å². The van der Waals surface area contributed by atoms with Crippen LogP contribution in [0.5, 0.6) is 0 Å². The SMILES string of the molecule is Cc1ccc2c(c1)C(NC(=O)N(C)C)C(=O)N2C. The van der Waals surface area contributed by atoms with Gasteiger partial charge in [0.1, 0.15) is 6.04 Å². The van der Waals surface area contributed by atoms with Crippen LogP contribution in [0, 0.1) is 6.92 Å². The molecular weight excluding hydrogens is 230 g/mol. The second kappa shape index (κ2) is 4.33. The summed E-state index contributed by atoms with van der Waals surface area (Å²) in [6, 6.07) is 4.96. The largest absolute Gasteiger partial charge is 0.331 e. The van der Waals surface area contributed by atoms with Gasteiger partial charge in [-0.05, 0) is 13.0 Å². The van der Waals surface area contributed by atoms with E-state index in [4.69, 9.17) is 0 Å². The summed E-state index contributed by atoms with van der Waals surface area (Å²) < 4.78 is 0. The second-order valence-corrected chi connectivity index (χ2v) is 4.74. The topological polar surface area (TPSA) is 52.7 Å². The van der Waals surface area contributed by atoms with Gasteiger partial charge in [0, 0.05) is 32.4 Å². The van der Waals surface area contributed by atoms with Crippen LogP contribution in [0.1, 0.15) is 17.2 Å². The highest BCUT2D eigenvalue weighted by molar-refractivity contribution is 6.05. The van der Waals surface area contributed by atoms with Crippen LogP contribution in [0.4, 0.5) is 10.5 Å². The van der Waals surface area contributed by atoms with Gasteiger partial charge in [0.2, 0.25) is 0 Å². The zero-order valence-corrected chi connectivity index (χ0v) is 11.0. The van der Waals surface area contributed by atoms with Gasteiger partial charge in [-0.25, -0.2) is 4.79 Å². The number of nitrogens with zero attached hydrogens (tertiary/aromatic N) is 2. The minimum Gasteiger partial charge on any atom is -0.331 e. The molecule has 2 rings (SSSR count). The first-order valence-corrected chi connectivity index (χ1v) is 5.77. The van der Waals surface area contributed by atoms with Gasteiger partial charge in [0.15, 0.2) is 0 Å². The third kappa shape index (κ3) is 1.92. The van der Waals surface area contributed by atoms with Crippen LogP contribution < -0.4 is 10.2 Å². The molecule has 0 bridgehead atoms. The molecule has 0 fully saturated rings. The van der Waals surface area contributed by atoms with E-state index in [2.05, 4.69) is 5.32 Å². The molecule has 0 aromatic heterocycles. The number of urea groups is 1. The highest BCUT2D eigenvalue weighted by Crippen LogP contribution is 2.35. The molecule has 0 radical (unpaired) electrons. The van der Waals surface area contributed by atoms with Crippen LogP contribution in [0.15, 0.2) is 18.2 Å². The molecule has 0 spiro atoms. The van der Waals surface area contributed by atoms with Gasteiger partial charge in [-0.15, -0.1) is 0 Å². The fourth-order valence-corrected chi connectivity index (χ4v) is 2.05. The van der Waals surface area contributed by atoms with Crippen molar-refractivity contribution in [3.05, 3.63) is 29.3 Å². The molecule has 0 saturated heterocycles. The Morgan fingerprint density at radius 1 is 1.39 bits per heavy atom. The van der Waals surface area contributed by atoms with Crippen molar-refractivity contribution in [2.45, 2.75) is 13.0 Å². The molecule has 1 unspecified atom stereocenters. The van der Waals surface area contributed by atoms with Crippen LogP contribution in [0.25, 0.3) is 0 Å². The maximum absolute atomic E-state index is 12.1. The number of hydrogen-bond donors (Lipinski definition) is 1. The number of benzene rings is 1. The lowest BCUT2D eigenvalue weighted by atomic mass is 10.1. The van der Waals surface area contributed by atoms with Crippen molar-refractivity contribution >= 4 is 17.6 Å². The summed E-state index contributed by atoms with van der Waals surface area (Å²) in [6.45, 7) is 1.97. The first kappa shape index (κ1) is 12.4. The zero-order chi connectivity index (χ0) is 13.4. The number of carbonyl (C=O) groups excluding carboxylic acids is 2. The number of fused-ring (bicyclic) bond motifs is 1. The third-order valence-electron chi connectivity index (χ3n) is 3.11. The lowest BCUT2D eigenvalue weighted by molar-refractivity contribution is -0.119. The maximum atomic E-state index is 12.1. The summed E-state index contributed by atoms with van der Waals surface area (Å²) in [5.41, 5.74) is 2.79. The Hall–Kier alpha value is -2.04. The van der Waals surface area contributed by atoms with E-state index in [0.717, 1.165) is 16.8 Å². The Labute approximate surface area is 106 Å². The van der Waals surface area contributed by atoms with Gasteiger partial charge in [-0.1, -0.05) is 17.7 Å². The second-order valence-electron chi connectivity index (χ2n) is 4.74. The number of rotatable bonds is 1. The molecule has 0 saturated carbocycles. The minimum atomic E-state index is -0.584. The molecule has 96 valence electrons. The van der Waals surface area contributed by atoms with Gasteiger partial charge in [0.05, 0.1) is 0 Å². The van der Waals surface area contributed by atoms with Gasteiger partial charge in [-0.2, -0.15) is 0 Å². The van der Waals surface area contributed by atoms with E-state index >= 15 is 0 Å². The van der Waals surface area contributed by atoms with Crippen molar-refractivity contribution in [3.8, 4) is 0 Å². The lowest BCUT2D eigenvalue weighted by Gasteiger charge is -2.17. The van der Waals surface area contributed by atoms with E-state index in [-0.39, 0.29) is 11.9 Å². The molecule has 1 heterocycles. The van der Waals surface area contributed by atoms with Crippen LogP contribution in [-0.4, -0.2) is 38.0 Å². The summed E-state index contributed by atoms with van der Waals surface area (Å²) >= 11 is 0. The number of amides is 3. The number of aryl methyl sites for hydroxylation is 1. The van der Waals surface area contributed by atoms with E-state index in [1.165, 1.54) is 4.90 Å². The Bertz CT molecular complexity index is 511. The van der Waals surface area contributed by atoms with Gasteiger partial charge in [-0.3, -0.25) is 4.79 Å². The first-order chi connectivity index (χ1) is 8.41. The maximum Gasteiger partial charge on any atom is 0.317 e. The van der Waals surface area contributed by atoms with Crippen molar-refractivity contribution in [1.82, 2.24) is 10.2 Å². The number of anilines is 1. The molecule has 1 N–H and O–H groups in total. The minimum absolute atomic E-state index is 0.106. The van der Waals surface area contributed by atoms with E-state index < -0.39 is 6.04 Å². The summed E-state index contributed by atoms with van der Waals surface area (Å²) in [6.07, 6.45) is 0. The summed E-state index contributed by atoms with van der Waals surface area (Å²) in [7, 11) is 5.02. The Morgan fingerprint density at radius 2 is 2.06 bits per heavy atom. The van der Waals surface area contributed by atoms with E-state index in [1.54, 1.807) is 26.0 Å². The molecule has 0 aliphatic carbocycles. The quantitative estimate of drug-likeness (QED) is 0.813. The predicted molar refractivity (Wildman–Crippen MR) is 69.5 cm³/mol. The van der Waals surface area contributed by atoms with Crippen LogP contribution >= 0.6 is 0 Å². The molecule has 1 aliphatic heterocycles. The van der Waals surface area contributed by atoms with Crippen molar-refractivity contribution in [1.29, 1.82) is 0 Å². The highest BCUT2D eigenvalue weighted by Gasteiger charge is 2.36. The van der Waals surface area contributed by atoms with Gasteiger partial charge < -0.3 is 15.1 Å². The highest BCUT2D eigenvalue weighted by atomic mass is 16.2. The molecule has 5 heteroatoms. The zero-order valence-electron chi connectivity index (χ0n) is 11.0. The Morgan fingerprint density at radius 3 is 2.67 bits per heavy atom. The molecule has 5 nitrogen and oxygen atoms in total. The average molecular weight is 247 g/mol. The van der Waals surface area contributed by atoms with E-state index in [0.29, 0.717) is 0 Å². The van der Waals surface area contributed by atoms with Crippen molar-refractivity contribution < 1.29 is 9.59 Å². The molecule has 3 amide bonds. The van der Waals surface area contributed by atoms with Crippen LogP contribution in [0.3, 0.4) is 0 Å². The Balaban J connectivity index is 2.36. The van der Waals surface area contributed by atoms with Gasteiger partial charge in [0.25, 0.3) is 5.91 Å². The molecule has 1 aliphatic rings. The molecule has 1 aromatic rings. The smallest absolute Gasteiger partial charge is 0.317 e. The fourth-order valence-electron chi connectivity index (χ4n) is 2.05. The number of nitrogens with one attached hydrogen (secondary N) is 1.